The second-order valence-corrected chi connectivity index (χ2v) is 5.19. The summed E-state index contributed by atoms with van der Waals surface area (Å²) < 4.78 is 11.4. The highest BCUT2D eigenvalue weighted by atomic mass is 32.1. The molecule has 86 valence electrons. The number of benzene rings is 2. The molecule has 0 amide bonds. The normalized spacial score (nSPS) is 12.6. The molecule has 0 heterocycles. The first-order chi connectivity index (χ1) is 8.22. The molecule has 1 atom stereocenters. The lowest BCUT2D eigenvalue weighted by atomic mass is 10.0. The Labute approximate surface area is 108 Å². The Morgan fingerprint density at radius 1 is 1.12 bits per heavy atom. The van der Waals surface area contributed by atoms with Crippen molar-refractivity contribution < 1.29 is 4.57 Å². The Balaban J connectivity index is 2.49. The van der Waals surface area contributed by atoms with E-state index >= 15 is 0 Å². The van der Waals surface area contributed by atoms with Crippen molar-refractivity contribution in [3.8, 4) is 0 Å². The van der Waals surface area contributed by atoms with E-state index in [1.165, 1.54) is 0 Å². The van der Waals surface area contributed by atoms with Crippen LogP contribution in [0.25, 0.3) is 0 Å². The second-order valence-electron chi connectivity index (χ2n) is 3.98. The van der Waals surface area contributed by atoms with Crippen LogP contribution in [0.5, 0.6) is 0 Å². The minimum Gasteiger partial charge on any atom is -0.274 e. The maximum absolute atomic E-state index is 11.4. The van der Waals surface area contributed by atoms with Crippen LogP contribution in [0.3, 0.4) is 0 Å². The fraction of sp³-hybridized carbons (Fsp3) is 0.143. The monoisotopic (exact) mass is 260 g/mol. The van der Waals surface area contributed by atoms with Gasteiger partial charge in [0.25, 0.3) is 0 Å². The minimum absolute atomic E-state index is 0.0989. The van der Waals surface area contributed by atoms with Crippen molar-refractivity contribution >= 4 is 21.1 Å². The average molecular weight is 260 g/mol. The summed E-state index contributed by atoms with van der Waals surface area (Å²) >= 11 is 4.45. The molecule has 0 aromatic heterocycles. The summed E-state index contributed by atoms with van der Waals surface area (Å²) in [6.07, 6.45) is 0. The molecule has 0 saturated heterocycles. The van der Waals surface area contributed by atoms with Crippen LogP contribution in [-0.2, 0) is 4.57 Å². The van der Waals surface area contributed by atoms with Gasteiger partial charge in [0, 0.05) is 4.90 Å². The van der Waals surface area contributed by atoms with Crippen LogP contribution in [0.1, 0.15) is 22.3 Å². The summed E-state index contributed by atoms with van der Waals surface area (Å²) in [5.74, 6) is 0. The van der Waals surface area contributed by atoms with Crippen molar-refractivity contribution in [1.82, 2.24) is 0 Å². The van der Waals surface area contributed by atoms with Crippen LogP contribution < -0.4 is 0 Å². The lowest BCUT2D eigenvalue weighted by Crippen LogP contribution is -1.95. The van der Waals surface area contributed by atoms with Crippen LogP contribution in [0.2, 0.25) is 0 Å². The van der Waals surface area contributed by atoms with Crippen molar-refractivity contribution in [2.75, 3.05) is 0 Å². The van der Waals surface area contributed by atoms with Crippen LogP contribution in [0, 0.1) is 6.92 Å². The van der Waals surface area contributed by atoms with Gasteiger partial charge in [0.1, 0.15) is 0 Å². The van der Waals surface area contributed by atoms with E-state index in [4.69, 9.17) is 0 Å². The van der Waals surface area contributed by atoms with Gasteiger partial charge in [0.05, 0.1) is 5.66 Å². The summed E-state index contributed by atoms with van der Waals surface area (Å²) in [5.41, 5.74) is 3.08. The molecule has 0 aliphatic carbocycles. The predicted molar refractivity (Wildman–Crippen MR) is 74.3 cm³/mol. The number of hydrogen-bond donors (Lipinski definition) is 1. The summed E-state index contributed by atoms with van der Waals surface area (Å²) in [4.78, 5) is 0.882. The molecule has 2 rings (SSSR count). The Kier molecular flexibility index (Phi) is 3.98. The van der Waals surface area contributed by atoms with Crippen LogP contribution >= 0.6 is 21.1 Å². The molecule has 0 aliphatic rings. The molecular formula is C14H13OPS. The molecule has 0 saturated carbocycles. The fourth-order valence-corrected chi connectivity index (χ4v) is 2.82. The van der Waals surface area contributed by atoms with Gasteiger partial charge in [0.2, 0.25) is 0 Å². The highest BCUT2D eigenvalue weighted by Crippen LogP contribution is 2.37. The Morgan fingerprint density at radius 2 is 1.82 bits per heavy atom. The maximum atomic E-state index is 11.4. The molecule has 17 heavy (non-hydrogen) atoms. The van der Waals surface area contributed by atoms with Crippen LogP contribution in [0.15, 0.2) is 53.4 Å². The summed E-state index contributed by atoms with van der Waals surface area (Å²) in [5, 5.41) is 0. The highest BCUT2D eigenvalue weighted by Gasteiger charge is 2.16. The quantitative estimate of drug-likeness (QED) is 0.627. The van der Waals surface area contributed by atoms with Crippen molar-refractivity contribution in [3.05, 3.63) is 65.2 Å². The van der Waals surface area contributed by atoms with Gasteiger partial charge in [-0.3, -0.25) is 4.57 Å². The van der Waals surface area contributed by atoms with E-state index in [9.17, 15) is 4.57 Å². The standard InChI is InChI=1S/C14H13OPS/c1-10-7-8-13(17)12(9-10)14(16-15)11-5-3-2-4-6-11/h2-9,14,17H,1H3. The zero-order chi connectivity index (χ0) is 12.3. The maximum Gasteiger partial charge on any atom is 0.168 e. The van der Waals surface area contributed by atoms with E-state index < -0.39 is 0 Å². The SMILES string of the molecule is Cc1ccc(S)c(C(P=O)c2ccccc2)c1. The van der Waals surface area contributed by atoms with Crippen LogP contribution in [0.4, 0.5) is 0 Å². The lowest BCUT2D eigenvalue weighted by molar-refractivity contribution is 0.595. The molecule has 0 aliphatic heterocycles. The molecular weight excluding hydrogens is 247 g/mol. The Hall–Kier alpha value is -1.11. The average Bonchev–Trinajstić information content (AvgIpc) is 2.36. The van der Waals surface area contributed by atoms with Gasteiger partial charge in [-0.15, -0.1) is 12.6 Å². The molecule has 0 radical (unpaired) electrons. The predicted octanol–water partition coefficient (Wildman–Crippen LogP) is 4.66. The van der Waals surface area contributed by atoms with Crippen molar-refractivity contribution in [1.29, 1.82) is 0 Å². The van der Waals surface area contributed by atoms with E-state index in [1.54, 1.807) is 0 Å². The highest BCUT2D eigenvalue weighted by molar-refractivity contribution is 7.80. The van der Waals surface area contributed by atoms with Gasteiger partial charge in [-0.1, -0.05) is 48.0 Å². The number of hydrogen-bond acceptors (Lipinski definition) is 2. The molecule has 3 heteroatoms. The topological polar surface area (TPSA) is 17.1 Å². The number of thiol groups is 1. The molecule has 2 aromatic rings. The van der Waals surface area contributed by atoms with Gasteiger partial charge in [-0.05, 0) is 24.1 Å². The fourth-order valence-electron chi connectivity index (χ4n) is 1.83. The van der Waals surface area contributed by atoms with Gasteiger partial charge in [-0.2, -0.15) is 0 Å². The minimum atomic E-state index is -0.136. The van der Waals surface area contributed by atoms with Crippen LogP contribution in [-0.4, -0.2) is 0 Å². The first kappa shape index (κ1) is 12.3. The van der Waals surface area contributed by atoms with E-state index in [2.05, 4.69) is 12.6 Å². The third-order valence-electron chi connectivity index (χ3n) is 2.70. The van der Waals surface area contributed by atoms with Gasteiger partial charge in [0.15, 0.2) is 8.46 Å². The zero-order valence-electron chi connectivity index (χ0n) is 9.50. The van der Waals surface area contributed by atoms with E-state index in [-0.39, 0.29) is 14.1 Å². The van der Waals surface area contributed by atoms with E-state index in [1.807, 2.05) is 55.5 Å². The molecule has 1 unspecified atom stereocenters. The number of aryl methyl sites for hydroxylation is 1. The first-order valence-electron chi connectivity index (χ1n) is 5.39. The van der Waals surface area contributed by atoms with Crippen molar-refractivity contribution in [2.45, 2.75) is 17.5 Å². The third kappa shape index (κ3) is 2.77. The molecule has 0 fully saturated rings. The van der Waals surface area contributed by atoms with Gasteiger partial charge >= 0.3 is 0 Å². The summed E-state index contributed by atoms with van der Waals surface area (Å²) in [6, 6.07) is 15.9. The third-order valence-corrected chi connectivity index (χ3v) is 3.89. The summed E-state index contributed by atoms with van der Waals surface area (Å²) in [6.45, 7) is 2.03. The number of rotatable bonds is 3. The molecule has 0 spiro atoms. The smallest absolute Gasteiger partial charge is 0.168 e. The Bertz CT molecular complexity index is 525. The Morgan fingerprint density at radius 3 is 2.47 bits per heavy atom. The van der Waals surface area contributed by atoms with E-state index in [0.717, 1.165) is 21.6 Å². The largest absolute Gasteiger partial charge is 0.274 e. The molecule has 0 N–H and O–H groups in total. The molecule has 2 aromatic carbocycles. The van der Waals surface area contributed by atoms with Gasteiger partial charge < -0.3 is 0 Å². The second kappa shape index (κ2) is 5.48. The summed E-state index contributed by atoms with van der Waals surface area (Å²) in [7, 11) is 0.0989. The first-order valence-corrected chi connectivity index (χ1v) is 6.72. The molecule has 1 nitrogen and oxygen atoms in total. The van der Waals surface area contributed by atoms with Gasteiger partial charge in [-0.25, -0.2) is 0 Å². The lowest BCUT2D eigenvalue weighted by Gasteiger charge is -2.13. The van der Waals surface area contributed by atoms with E-state index in [0.29, 0.717) is 0 Å². The van der Waals surface area contributed by atoms with Crippen molar-refractivity contribution in [2.24, 2.45) is 0 Å². The molecule has 0 bridgehead atoms. The van der Waals surface area contributed by atoms with Crippen molar-refractivity contribution in [3.63, 3.8) is 0 Å². The zero-order valence-corrected chi connectivity index (χ0v) is 11.3.